The van der Waals surface area contributed by atoms with E-state index in [4.69, 9.17) is 4.98 Å². The maximum absolute atomic E-state index is 12.7. The van der Waals surface area contributed by atoms with E-state index in [0.29, 0.717) is 24.2 Å². The van der Waals surface area contributed by atoms with Crippen molar-refractivity contribution in [2.75, 3.05) is 36.4 Å². The van der Waals surface area contributed by atoms with Gasteiger partial charge in [-0.15, -0.1) is 0 Å². The van der Waals surface area contributed by atoms with Gasteiger partial charge in [-0.05, 0) is 69.7 Å². The van der Waals surface area contributed by atoms with Crippen LogP contribution in [0, 0.1) is 0 Å². The van der Waals surface area contributed by atoms with Crippen LogP contribution in [0.1, 0.15) is 88.8 Å². The van der Waals surface area contributed by atoms with Crippen LogP contribution in [0.25, 0.3) is 0 Å². The van der Waals surface area contributed by atoms with Crippen molar-refractivity contribution in [3.8, 4) is 0 Å². The van der Waals surface area contributed by atoms with E-state index in [1.807, 2.05) is 6.20 Å². The topological polar surface area (TPSA) is 86.3 Å². The first-order valence-electron chi connectivity index (χ1n) is 14.6. The average Bonchev–Trinajstić information content (AvgIpc) is 3.25. The third-order valence-corrected chi connectivity index (χ3v) is 8.42. The highest BCUT2D eigenvalue weighted by Gasteiger charge is 2.36. The zero-order chi connectivity index (χ0) is 25.3. The summed E-state index contributed by atoms with van der Waals surface area (Å²) in [6.07, 6.45) is 20.1. The molecular weight excluding hydrogens is 462 g/mol. The lowest BCUT2D eigenvalue weighted by Gasteiger charge is -2.47. The zero-order valence-electron chi connectivity index (χ0n) is 22.2. The molecule has 3 fully saturated rings. The lowest BCUT2D eigenvalue weighted by atomic mass is 9.87. The Bertz CT molecular complexity index is 980. The summed E-state index contributed by atoms with van der Waals surface area (Å²) in [4.78, 5) is 31.4. The number of hydrogen-bond donors (Lipinski definition) is 2. The zero-order valence-corrected chi connectivity index (χ0v) is 22.2. The van der Waals surface area contributed by atoms with Crippen molar-refractivity contribution in [1.82, 2.24) is 25.2 Å². The number of likely N-dealkylation sites (tertiary alicyclic amines) is 1. The molecule has 4 heterocycles. The molecule has 0 bridgehead atoms. The van der Waals surface area contributed by atoms with Crippen molar-refractivity contribution in [1.29, 1.82) is 0 Å². The van der Waals surface area contributed by atoms with Gasteiger partial charge >= 0.3 is 0 Å². The van der Waals surface area contributed by atoms with Gasteiger partial charge in [0.25, 0.3) is 5.91 Å². The minimum atomic E-state index is -0.0274. The molecule has 8 nitrogen and oxygen atoms in total. The Kier molecular flexibility index (Phi) is 9.22. The Balaban J connectivity index is 0.00000336. The Hall–Kier alpha value is -2.74. The number of amides is 1. The van der Waals surface area contributed by atoms with Crippen LogP contribution >= 0.6 is 0 Å². The summed E-state index contributed by atoms with van der Waals surface area (Å²) in [5.74, 6) is 1.75. The molecular formula is C29H45N7O. The predicted octanol–water partition coefficient (Wildman–Crippen LogP) is 4.90. The van der Waals surface area contributed by atoms with Crippen molar-refractivity contribution in [3.63, 3.8) is 0 Å². The number of aromatic nitrogens is 3. The van der Waals surface area contributed by atoms with Gasteiger partial charge in [-0.1, -0.05) is 32.1 Å². The molecule has 2 aromatic heterocycles. The van der Waals surface area contributed by atoms with E-state index in [2.05, 4.69) is 36.5 Å². The van der Waals surface area contributed by atoms with Crippen LogP contribution in [0.3, 0.4) is 0 Å². The largest absolute Gasteiger partial charge is 0.356 e. The predicted molar refractivity (Wildman–Crippen MR) is 150 cm³/mol. The van der Waals surface area contributed by atoms with Crippen LogP contribution in [0.2, 0.25) is 0 Å². The molecule has 5 rings (SSSR count). The van der Waals surface area contributed by atoms with Crippen LogP contribution in [0.4, 0.5) is 11.8 Å². The van der Waals surface area contributed by atoms with E-state index >= 15 is 0 Å². The molecule has 2 aliphatic heterocycles. The second-order valence-corrected chi connectivity index (χ2v) is 10.9. The van der Waals surface area contributed by atoms with E-state index in [9.17, 15) is 4.79 Å². The first-order chi connectivity index (χ1) is 18.3. The van der Waals surface area contributed by atoms with Crippen molar-refractivity contribution >= 4 is 17.7 Å². The number of pyridine rings is 1. The molecule has 1 aliphatic carbocycles. The highest BCUT2D eigenvalue weighted by molar-refractivity contribution is 5.93. The van der Waals surface area contributed by atoms with Crippen molar-refractivity contribution in [2.45, 2.75) is 95.2 Å². The third kappa shape index (κ3) is 6.98. The Morgan fingerprint density at radius 1 is 0.892 bits per heavy atom. The fourth-order valence-electron chi connectivity index (χ4n) is 6.48. The van der Waals surface area contributed by atoms with Crippen molar-refractivity contribution in [3.05, 3.63) is 42.4 Å². The fourth-order valence-corrected chi connectivity index (χ4v) is 6.48. The maximum atomic E-state index is 12.7. The summed E-state index contributed by atoms with van der Waals surface area (Å²) in [6, 6.07) is 6.85. The van der Waals surface area contributed by atoms with Gasteiger partial charge in [0.2, 0.25) is 5.95 Å². The van der Waals surface area contributed by atoms with Crippen LogP contribution in [-0.4, -0.2) is 70.1 Å². The van der Waals surface area contributed by atoms with E-state index in [1.165, 1.54) is 64.2 Å². The van der Waals surface area contributed by atoms with E-state index < -0.39 is 0 Å². The van der Waals surface area contributed by atoms with Gasteiger partial charge in [0.1, 0.15) is 5.82 Å². The van der Waals surface area contributed by atoms with Crippen LogP contribution in [0.15, 0.2) is 36.8 Å². The smallest absolute Gasteiger partial charge is 0.251 e. The van der Waals surface area contributed by atoms with Gasteiger partial charge in [0.15, 0.2) is 0 Å². The Morgan fingerprint density at radius 2 is 1.65 bits per heavy atom. The molecule has 2 N–H and O–H groups in total. The molecule has 37 heavy (non-hydrogen) atoms. The summed E-state index contributed by atoms with van der Waals surface area (Å²) in [5, 5.41) is 6.91. The first-order valence-corrected chi connectivity index (χ1v) is 14.6. The standard InChI is InChI=1S/C29H43N7O.H2/c37-28(23-12-16-30-17-13-23)31-18-14-26-25(11-8-22-36(26)24-9-4-3-5-10-24)33-29-32-19-15-27(34-29)35-20-6-1-2-7-21-35;/h12-13,15-17,19,24-26H,1-11,14,18,20-22H2,(H,31,37)(H,32,33,34);1H/t25-,26+;/m0./s1. The molecule has 1 saturated carbocycles. The molecule has 2 saturated heterocycles. The maximum Gasteiger partial charge on any atom is 0.251 e. The van der Waals surface area contributed by atoms with Crippen LogP contribution in [0.5, 0.6) is 0 Å². The molecule has 202 valence electrons. The van der Waals surface area contributed by atoms with E-state index in [0.717, 1.165) is 44.2 Å². The SMILES string of the molecule is O=C(NCC[C@@H]1[C@@H](Nc2nccc(N3CCCCCC3)n2)CCCN1C1CCCCC1)c1ccncc1.[HH]. The van der Waals surface area contributed by atoms with Gasteiger partial charge in [0, 0.05) is 63.3 Å². The number of anilines is 2. The number of carbonyl (C=O) groups is 1. The van der Waals surface area contributed by atoms with E-state index in [1.54, 1.807) is 24.5 Å². The van der Waals surface area contributed by atoms with Crippen molar-refractivity contribution < 1.29 is 6.22 Å². The van der Waals surface area contributed by atoms with Gasteiger partial charge in [0.05, 0.1) is 0 Å². The Labute approximate surface area is 223 Å². The number of carbonyl (C=O) groups excluding carboxylic acids is 1. The minimum absolute atomic E-state index is 0. The quantitative estimate of drug-likeness (QED) is 0.526. The highest BCUT2D eigenvalue weighted by Crippen LogP contribution is 2.31. The van der Waals surface area contributed by atoms with Gasteiger partial charge in [-0.2, -0.15) is 4.98 Å². The summed E-state index contributed by atoms with van der Waals surface area (Å²) >= 11 is 0. The second-order valence-electron chi connectivity index (χ2n) is 10.9. The number of nitrogens with zero attached hydrogens (tertiary/aromatic N) is 5. The number of piperidine rings is 1. The number of rotatable bonds is 8. The van der Waals surface area contributed by atoms with Crippen LogP contribution in [-0.2, 0) is 0 Å². The van der Waals surface area contributed by atoms with Crippen molar-refractivity contribution in [2.24, 2.45) is 0 Å². The highest BCUT2D eigenvalue weighted by atomic mass is 16.1. The molecule has 0 spiro atoms. The normalized spacial score (nSPS) is 23.8. The molecule has 1 amide bonds. The summed E-state index contributed by atoms with van der Waals surface area (Å²) in [5.41, 5.74) is 0.663. The van der Waals surface area contributed by atoms with Crippen LogP contribution < -0.4 is 15.5 Å². The summed E-state index contributed by atoms with van der Waals surface area (Å²) in [7, 11) is 0. The molecule has 0 unspecified atom stereocenters. The molecule has 0 radical (unpaired) electrons. The molecule has 8 heteroatoms. The van der Waals surface area contributed by atoms with E-state index in [-0.39, 0.29) is 13.4 Å². The molecule has 3 aliphatic rings. The molecule has 2 atom stereocenters. The molecule has 2 aromatic rings. The number of nitrogens with one attached hydrogen (secondary N) is 2. The monoisotopic (exact) mass is 507 g/mol. The lowest BCUT2D eigenvalue weighted by molar-refractivity contribution is 0.0591. The summed E-state index contributed by atoms with van der Waals surface area (Å²) < 4.78 is 0. The van der Waals surface area contributed by atoms with Gasteiger partial charge < -0.3 is 15.5 Å². The minimum Gasteiger partial charge on any atom is -0.356 e. The Morgan fingerprint density at radius 3 is 2.43 bits per heavy atom. The number of hydrogen-bond acceptors (Lipinski definition) is 7. The second kappa shape index (κ2) is 13.2. The average molecular weight is 508 g/mol. The fraction of sp³-hybridized carbons (Fsp3) is 0.655. The summed E-state index contributed by atoms with van der Waals surface area (Å²) in [6.45, 7) is 3.95. The van der Waals surface area contributed by atoms with Gasteiger partial charge in [-0.3, -0.25) is 14.7 Å². The first kappa shape index (κ1) is 25.9. The lowest BCUT2D eigenvalue weighted by Crippen LogP contribution is -2.56. The third-order valence-electron chi connectivity index (χ3n) is 8.42. The molecule has 0 aromatic carbocycles. The van der Waals surface area contributed by atoms with Gasteiger partial charge in [-0.25, -0.2) is 4.98 Å².